The van der Waals surface area contributed by atoms with E-state index in [0.29, 0.717) is 32.3 Å². The molecule has 0 atom stereocenters. The van der Waals surface area contributed by atoms with Crippen LogP contribution in [0.3, 0.4) is 0 Å². The molecule has 0 aliphatic rings. The second kappa shape index (κ2) is 15.8. The van der Waals surface area contributed by atoms with Gasteiger partial charge in [0.1, 0.15) is 12.6 Å². The fraction of sp³-hybridized carbons (Fsp3) is 0.179. The van der Waals surface area contributed by atoms with Gasteiger partial charge in [-0.05, 0) is 49.8 Å². The first-order chi connectivity index (χ1) is 18.5. The van der Waals surface area contributed by atoms with Crippen LogP contribution < -0.4 is 15.4 Å². The smallest absolute Gasteiger partial charge is 0.218 e. The number of nitrogens with zero attached hydrogens (tertiary/aromatic N) is 2. The number of nitrogens with one attached hydrogen (secondary N) is 2. The van der Waals surface area contributed by atoms with E-state index in [1.165, 1.54) is 25.4 Å². The topological polar surface area (TPSA) is 68.2 Å². The van der Waals surface area contributed by atoms with Crippen molar-refractivity contribution in [2.45, 2.75) is 20.4 Å². The second-order valence-electron chi connectivity index (χ2n) is 7.78. The average Bonchev–Trinajstić information content (AvgIpc) is 2.92. The molecule has 2 N–H and O–H groups in total. The van der Waals surface area contributed by atoms with Crippen molar-refractivity contribution < 1.29 is 18.3 Å². The fourth-order valence-corrected chi connectivity index (χ4v) is 4.28. The van der Waals surface area contributed by atoms with Crippen LogP contribution in [-0.2, 0) is 18.4 Å². The predicted molar refractivity (Wildman–Crippen MR) is 160 cm³/mol. The van der Waals surface area contributed by atoms with Gasteiger partial charge in [0.2, 0.25) is 5.88 Å². The number of methoxy groups -OCH3 is 1. The Hall–Kier alpha value is -3.45. The Bertz CT molecular complexity index is 1430. The molecule has 0 radical (unpaired) electrons. The molecule has 0 fully saturated rings. The van der Waals surface area contributed by atoms with E-state index in [1.807, 2.05) is 20.6 Å². The van der Waals surface area contributed by atoms with Crippen molar-refractivity contribution in [3.63, 3.8) is 0 Å². The lowest BCUT2D eigenvalue weighted by molar-refractivity contribution is -0.0980. The molecule has 6 nitrogen and oxygen atoms in total. The highest BCUT2D eigenvalue weighted by Crippen LogP contribution is 2.33. The minimum Gasteiger partial charge on any atom is -0.481 e. The number of allylic oxidation sites excluding steroid dienone is 2. The predicted octanol–water partition coefficient (Wildman–Crippen LogP) is 7.98. The summed E-state index contributed by atoms with van der Waals surface area (Å²) < 4.78 is 37.5. The Morgan fingerprint density at radius 2 is 1.82 bits per heavy atom. The zero-order valence-electron chi connectivity index (χ0n) is 22.2. The number of hydrogen-bond donors (Lipinski definition) is 2. The summed E-state index contributed by atoms with van der Waals surface area (Å²) in [5.41, 5.74) is 3.45. The number of carbonyl (C=O) groups is 1. The number of hydrogen-bond acceptors (Lipinski definition) is 5. The normalized spacial score (nSPS) is 10.7. The highest BCUT2D eigenvalue weighted by atomic mass is 35.5. The molecule has 0 aliphatic carbocycles. The summed E-state index contributed by atoms with van der Waals surface area (Å²) in [6.07, 6.45) is 1.46. The van der Waals surface area contributed by atoms with E-state index in [2.05, 4.69) is 44.2 Å². The van der Waals surface area contributed by atoms with E-state index in [4.69, 9.17) is 32.7 Å². The SMILES string of the molecule is C=C.C=C(Cl)N/C(C)=C(\C)c1ccc(-c2c(F)ccc(NCc3cc(Cl)cnc3OC)c2F)c(=P)n1C.C=O. The maximum absolute atomic E-state index is 15.6. The molecule has 1 aromatic carbocycles. The van der Waals surface area contributed by atoms with Crippen LogP contribution >= 0.6 is 32.1 Å². The summed E-state index contributed by atoms with van der Waals surface area (Å²) in [5.74, 6) is -1.05. The van der Waals surface area contributed by atoms with Crippen molar-refractivity contribution in [2.24, 2.45) is 7.05 Å². The molecule has 0 aliphatic heterocycles. The highest BCUT2D eigenvalue weighted by Gasteiger charge is 2.19. The molecule has 39 heavy (non-hydrogen) atoms. The van der Waals surface area contributed by atoms with Crippen LogP contribution in [0.1, 0.15) is 25.1 Å². The minimum atomic E-state index is -0.727. The van der Waals surface area contributed by atoms with Crippen LogP contribution in [0.15, 0.2) is 67.1 Å². The van der Waals surface area contributed by atoms with E-state index < -0.39 is 11.6 Å². The number of rotatable bonds is 8. The van der Waals surface area contributed by atoms with Crippen molar-refractivity contribution in [3.05, 3.63) is 100 Å². The van der Waals surface area contributed by atoms with Gasteiger partial charge in [-0.2, -0.15) is 0 Å². The number of carbonyl (C=O) groups excluding carboxylic acids is 1. The van der Waals surface area contributed by atoms with Crippen molar-refractivity contribution in [1.29, 1.82) is 0 Å². The first kappa shape index (κ1) is 33.6. The summed E-state index contributed by atoms with van der Waals surface area (Å²) in [6.45, 7) is 15.6. The molecule has 2 aromatic heterocycles. The highest BCUT2D eigenvalue weighted by molar-refractivity contribution is 7.07. The Balaban J connectivity index is 0.00000181. The van der Waals surface area contributed by atoms with Crippen molar-refractivity contribution in [2.75, 3.05) is 12.4 Å². The quantitative estimate of drug-likeness (QED) is 0.157. The van der Waals surface area contributed by atoms with Gasteiger partial charge in [0.15, 0.2) is 5.82 Å². The molecule has 0 bridgehead atoms. The largest absolute Gasteiger partial charge is 0.481 e. The van der Waals surface area contributed by atoms with Crippen molar-refractivity contribution >= 4 is 50.1 Å². The van der Waals surface area contributed by atoms with E-state index in [1.54, 1.807) is 29.8 Å². The number of halogens is 4. The fourth-order valence-electron chi connectivity index (χ4n) is 3.63. The van der Waals surface area contributed by atoms with Crippen LogP contribution in [0.2, 0.25) is 5.02 Å². The summed E-state index contributed by atoms with van der Waals surface area (Å²) >= 11 is 11.9. The van der Waals surface area contributed by atoms with Gasteiger partial charge in [-0.1, -0.05) is 38.6 Å². The van der Waals surface area contributed by atoms with Gasteiger partial charge < -0.3 is 24.7 Å². The standard InChI is InChI=1S/C25H25Cl2F2N4OP.C2H4.CH2O/c1-13(14(2)32-15(3)26)21-9-6-18(25(35)33(21)4)22-19(28)7-8-20(23(22)29)30-11-16-10-17(27)12-31-24(16)34-5;2*1-2/h6-10,12,30,32,35H,3,11H2,1-2,4-5H3;1-2H2;1H2/b14-13+;;. The molecule has 0 spiro atoms. The zero-order chi connectivity index (χ0) is 29.9. The van der Waals surface area contributed by atoms with Crippen LogP contribution in [0.4, 0.5) is 14.5 Å². The minimum absolute atomic E-state index is 0.123. The van der Waals surface area contributed by atoms with Gasteiger partial charge >= 0.3 is 0 Å². The maximum atomic E-state index is 15.6. The van der Waals surface area contributed by atoms with E-state index in [-0.39, 0.29) is 17.8 Å². The third kappa shape index (κ3) is 8.27. The lowest BCUT2D eigenvalue weighted by atomic mass is 10.0. The summed E-state index contributed by atoms with van der Waals surface area (Å²) in [5, 5.41) is 7.16. The van der Waals surface area contributed by atoms with E-state index in [9.17, 15) is 4.39 Å². The summed E-state index contributed by atoms with van der Waals surface area (Å²) in [4.78, 5) is 12.1. The van der Waals surface area contributed by atoms with Gasteiger partial charge in [0.05, 0.1) is 33.6 Å². The summed E-state index contributed by atoms with van der Waals surface area (Å²) in [6, 6.07) is 7.70. The Labute approximate surface area is 239 Å². The lowest BCUT2D eigenvalue weighted by Gasteiger charge is -2.18. The van der Waals surface area contributed by atoms with Crippen LogP contribution in [0.25, 0.3) is 16.7 Å². The van der Waals surface area contributed by atoms with Crippen LogP contribution in [-0.4, -0.2) is 23.4 Å². The number of pyridine rings is 2. The first-order valence-electron chi connectivity index (χ1n) is 11.3. The molecule has 0 amide bonds. The van der Waals surface area contributed by atoms with Crippen molar-refractivity contribution in [3.8, 4) is 17.0 Å². The number of benzene rings is 1. The second-order valence-corrected chi connectivity index (χ2v) is 9.15. The van der Waals surface area contributed by atoms with E-state index in [0.717, 1.165) is 17.0 Å². The summed E-state index contributed by atoms with van der Waals surface area (Å²) in [7, 11) is 6.86. The molecule has 0 saturated heterocycles. The van der Waals surface area contributed by atoms with Gasteiger partial charge in [-0.25, -0.2) is 13.8 Å². The molecular formula is C28H31Cl2F2N4O2P. The molecule has 11 heteroatoms. The number of ether oxygens (including phenoxy) is 1. The van der Waals surface area contributed by atoms with Gasteiger partial charge in [0.25, 0.3) is 0 Å². The monoisotopic (exact) mass is 594 g/mol. The van der Waals surface area contributed by atoms with Crippen LogP contribution in [0.5, 0.6) is 5.88 Å². The molecule has 3 rings (SSSR count). The number of aromatic nitrogens is 2. The van der Waals surface area contributed by atoms with Crippen LogP contribution in [0, 0.1) is 16.7 Å². The van der Waals surface area contributed by atoms with Gasteiger partial charge in [0, 0.05) is 42.3 Å². The molecule has 0 unspecified atom stereocenters. The molecular weight excluding hydrogens is 564 g/mol. The molecule has 3 aromatic rings. The van der Waals surface area contributed by atoms with Crippen molar-refractivity contribution in [1.82, 2.24) is 14.9 Å². The van der Waals surface area contributed by atoms with Gasteiger partial charge in [-0.3, -0.25) is 0 Å². The Morgan fingerprint density at radius 1 is 1.18 bits per heavy atom. The zero-order valence-corrected chi connectivity index (χ0v) is 24.7. The Kier molecular flexibility index (Phi) is 13.6. The van der Waals surface area contributed by atoms with Gasteiger partial charge in [-0.15, -0.1) is 13.2 Å². The first-order valence-corrected chi connectivity index (χ1v) is 12.5. The number of anilines is 1. The van der Waals surface area contributed by atoms with E-state index >= 15 is 4.39 Å². The molecule has 0 saturated carbocycles. The lowest BCUT2D eigenvalue weighted by Crippen LogP contribution is -2.10. The third-order valence-corrected chi connectivity index (χ3v) is 6.45. The molecule has 2 heterocycles. The molecule has 208 valence electrons. The maximum Gasteiger partial charge on any atom is 0.218 e. The third-order valence-electron chi connectivity index (χ3n) is 5.54. The Morgan fingerprint density at radius 3 is 2.41 bits per heavy atom. The average molecular weight is 595 g/mol.